The van der Waals surface area contributed by atoms with Crippen molar-refractivity contribution < 1.29 is 19.1 Å². The Kier molecular flexibility index (Phi) is 9.42. The van der Waals surface area contributed by atoms with Crippen LogP contribution in [0.3, 0.4) is 0 Å². The molecule has 3 rings (SSSR count). The van der Waals surface area contributed by atoms with Crippen molar-refractivity contribution in [3.8, 4) is 0 Å². The number of aryl methyl sites for hydroxylation is 3. The van der Waals surface area contributed by atoms with E-state index in [0.717, 1.165) is 28.7 Å². The highest BCUT2D eigenvalue weighted by atomic mass is 35.5. The minimum Gasteiger partial charge on any atom is -0.444 e. The Morgan fingerprint density at radius 3 is 2.13 bits per heavy atom. The summed E-state index contributed by atoms with van der Waals surface area (Å²) >= 11 is 10.8. The predicted molar refractivity (Wildman–Crippen MR) is 155 cm³/mol. The second-order valence-electron chi connectivity index (χ2n) is 11.0. The standard InChI is InChI=1S/C29H38ClN3O4S/c1-16-10-8-11-17(2)23(16)25(26(34)32-24-18(3)12-9-13-20(24)30)33(22-14-19(22)4)27(35)21(15-38)31-28(36)37-29(5,6)7/h8-13,19,21-22,25,38H,14-15H2,1-7H3,(H,31,36)(H,32,34). The van der Waals surface area contributed by atoms with E-state index in [1.54, 1.807) is 31.7 Å². The van der Waals surface area contributed by atoms with Crippen molar-refractivity contribution in [2.45, 2.75) is 78.6 Å². The van der Waals surface area contributed by atoms with Gasteiger partial charge in [-0.25, -0.2) is 4.79 Å². The first-order chi connectivity index (χ1) is 17.7. The molecule has 0 spiro atoms. The summed E-state index contributed by atoms with van der Waals surface area (Å²) in [5.74, 6) is -0.525. The number of para-hydroxylation sites is 1. The number of hydrogen-bond acceptors (Lipinski definition) is 5. The zero-order valence-corrected chi connectivity index (χ0v) is 24.7. The van der Waals surface area contributed by atoms with Crippen LogP contribution in [0.4, 0.5) is 10.5 Å². The highest BCUT2D eigenvalue weighted by Crippen LogP contribution is 2.42. The Hall–Kier alpha value is -2.71. The van der Waals surface area contributed by atoms with Gasteiger partial charge in [-0.15, -0.1) is 0 Å². The Bertz CT molecular complexity index is 1170. The van der Waals surface area contributed by atoms with Crippen molar-refractivity contribution in [1.29, 1.82) is 0 Å². The maximum Gasteiger partial charge on any atom is 0.408 e. The Morgan fingerprint density at radius 2 is 1.63 bits per heavy atom. The molecule has 1 aliphatic carbocycles. The Balaban J connectivity index is 2.07. The molecule has 0 aromatic heterocycles. The molecule has 2 aromatic rings. The molecule has 206 valence electrons. The van der Waals surface area contributed by atoms with Gasteiger partial charge >= 0.3 is 6.09 Å². The molecule has 3 amide bonds. The molecule has 4 unspecified atom stereocenters. The number of ether oxygens (including phenoxy) is 1. The van der Waals surface area contributed by atoms with Crippen molar-refractivity contribution in [1.82, 2.24) is 10.2 Å². The summed E-state index contributed by atoms with van der Waals surface area (Å²) in [4.78, 5) is 42.5. The van der Waals surface area contributed by atoms with Crippen LogP contribution in [0.5, 0.6) is 0 Å². The minimum atomic E-state index is -0.984. The van der Waals surface area contributed by atoms with E-state index in [1.807, 2.05) is 58.0 Å². The molecule has 0 saturated heterocycles. The highest BCUT2D eigenvalue weighted by molar-refractivity contribution is 7.80. The van der Waals surface area contributed by atoms with Gasteiger partial charge in [-0.3, -0.25) is 9.59 Å². The lowest BCUT2D eigenvalue weighted by atomic mass is 9.93. The third-order valence-corrected chi connectivity index (χ3v) is 7.34. The fourth-order valence-electron chi connectivity index (χ4n) is 4.62. The monoisotopic (exact) mass is 559 g/mol. The fraction of sp³-hybridized carbons (Fsp3) is 0.483. The maximum absolute atomic E-state index is 14.1. The molecule has 0 aliphatic heterocycles. The molecule has 1 aliphatic rings. The van der Waals surface area contributed by atoms with Gasteiger partial charge in [-0.05, 0) is 82.2 Å². The summed E-state index contributed by atoms with van der Waals surface area (Å²) in [7, 11) is 0. The molecule has 2 N–H and O–H groups in total. The number of amides is 3. The van der Waals surface area contributed by atoms with E-state index in [1.165, 1.54) is 0 Å². The summed E-state index contributed by atoms with van der Waals surface area (Å²) in [5, 5.41) is 6.07. The topological polar surface area (TPSA) is 87.7 Å². The van der Waals surface area contributed by atoms with Crippen LogP contribution >= 0.6 is 24.2 Å². The normalized spacial score (nSPS) is 18.2. The number of rotatable bonds is 8. The molecule has 0 radical (unpaired) electrons. The minimum absolute atomic E-state index is 0.0421. The second kappa shape index (κ2) is 12.0. The van der Waals surface area contributed by atoms with Gasteiger partial charge in [0.05, 0.1) is 10.7 Å². The number of hydrogen-bond donors (Lipinski definition) is 3. The van der Waals surface area contributed by atoms with Crippen molar-refractivity contribution in [3.63, 3.8) is 0 Å². The summed E-state index contributed by atoms with van der Waals surface area (Å²) < 4.78 is 5.38. The third kappa shape index (κ3) is 7.03. The number of halogens is 1. The quantitative estimate of drug-likeness (QED) is 0.346. The van der Waals surface area contributed by atoms with Gasteiger partial charge in [0.15, 0.2) is 0 Å². The zero-order valence-electron chi connectivity index (χ0n) is 23.1. The lowest BCUT2D eigenvalue weighted by molar-refractivity contribution is -0.141. The molecular formula is C29H38ClN3O4S. The first-order valence-electron chi connectivity index (χ1n) is 12.8. The lowest BCUT2D eigenvalue weighted by Crippen LogP contribution is -2.54. The van der Waals surface area contributed by atoms with E-state index in [4.69, 9.17) is 16.3 Å². The largest absolute Gasteiger partial charge is 0.444 e. The Labute approximate surface area is 236 Å². The molecule has 9 heteroatoms. The van der Waals surface area contributed by atoms with Crippen LogP contribution in [0.25, 0.3) is 0 Å². The fourth-order valence-corrected chi connectivity index (χ4v) is 5.14. The van der Waals surface area contributed by atoms with E-state index in [-0.39, 0.29) is 29.5 Å². The summed E-state index contributed by atoms with van der Waals surface area (Å²) in [5.41, 5.74) is 3.10. The van der Waals surface area contributed by atoms with Crippen LogP contribution < -0.4 is 10.6 Å². The van der Waals surface area contributed by atoms with Crippen molar-refractivity contribution in [2.24, 2.45) is 5.92 Å². The van der Waals surface area contributed by atoms with Gasteiger partial charge in [-0.1, -0.05) is 48.9 Å². The summed E-state index contributed by atoms with van der Waals surface area (Å²) in [6.45, 7) is 13.0. The molecule has 38 heavy (non-hydrogen) atoms. The van der Waals surface area contributed by atoms with Gasteiger partial charge in [-0.2, -0.15) is 12.6 Å². The average molecular weight is 560 g/mol. The third-order valence-electron chi connectivity index (χ3n) is 6.66. The molecule has 1 saturated carbocycles. The predicted octanol–water partition coefficient (Wildman–Crippen LogP) is 6.01. The molecule has 0 bridgehead atoms. The summed E-state index contributed by atoms with van der Waals surface area (Å²) in [6.07, 6.45) is 0.0329. The van der Waals surface area contributed by atoms with Crippen LogP contribution in [-0.4, -0.2) is 46.2 Å². The molecule has 4 atom stereocenters. The number of nitrogens with zero attached hydrogens (tertiary/aromatic N) is 1. The van der Waals surface area contributed by atoms with Crippen LogP contribution in [-0.2, 0) is 14.3 Å². The number of carbonyl (C=O) groups is 3. The molecule has 0 heterocycles. The van der Waals surface area contributed by atoms with Crippen molar-refractivity contribution in [3.05, 3.63) is 63.7 Å². The zero-order chi connectivity index (χ0) is 28.4. The first kappa shape index (κ1) is 29.8. The number of benzene rings is 2. The first-order valence-corrected chi connectivity index (χ1v) is 13.8. The van der Waals surface area contributed by atoms with Crippen LogP contribution in [0.15, 0.2) is 36.4 Å². The average Bonchev–Trinajstić information content (AvgIpc) is 3.53. The summed E-state index contributed by atoms with van der Waals surface area (Å²) in [6, 6.07) is 9.07. The van der Waals surface area contributed by atoms with Crippen LogP contribution in [0.1, 0.15) is 62.4 Å². The van der Waals surface area contributed by atoms with Gasteiger partial charge in [0.1, 0.15) is 17.7 Å². The van der Waals surface area contributed by atoms with Gasteiger partial charge < -0.3 is 20.3 Å². The van der Waals surface area contributed by atoms with Gasteiger partial charge in [0.2, 0.25) is 5.91 Å². The maximum atomic E-state index is 14.1. The number of anilines is 1. The van der Waals surface area contributed by atoms with E-state index < -0.39 is 23.8 Å². The van der Waals surface area contributed by atoms with E-state index in [9.17, 15) is 14.4 Å². The second-order valence-corrected chi connectivity index (χ2v) is 11.8. The van der Waals surface area contributed by atoms with E-state index in [2.05, 4.69) is 23.3 Å². The van der Waals surface area contributed by atoms with Gasteiger partial charge in [0, 0.05) is 11.8 Å². The van der Waals surface area contributed by atoms with E-state index in [0.29, 0.717) is 10.7 Å². The highest BCUT2D eigenvalue weighted by Gasteiger charge is 2.48. The Morgan fingerprint density at radius 1 is 1.08 bits per heavy atom. The number of alkyl carbamates (subject to hydrolysis) is 1. The van der Waals surface area contributed by atoms with Crippen LogP contribution in [0, 0.1) is 26.7 Å². The lowest BCUT2D eigenvalue weighted by Gasteiger charge is -2.36. The number of thiol groups is 1. The molecule has 7 nitrogen and oxygen atoms in total. The van der Waals surface area contributed by atoms with Crippen LogP contribution in [0.2, 0.25) is 5.02 Å². The number of nitrogens with one attached hydrogen (secondary N) is 2. The smallest absolute Gasteiger partial charge is 0.408 e. The molecule has 2 aromatic carbocycles. The van der Waals surface area contributed by atoms with E-state index >= 15 is 0 Å². The SMILES string of the molecule is Cc1cccc(Cl)c1NC(=O)C(c1c(C)cccc1C)N(C(=O)C(CS)NC(=O)OC(C)(C)C)C1CC1C. The molecule has 1 fully saturated rings. The van der Waals surface area contributed by atoms with Crippen molar-refractivity contribution in [2.75, 3.05) is 11.1 Å². The molecular weight excluding hydrogens is 522 g/mol. The van der Waals surface area contributed by atoms with Gasteiger partial charge in [0.25, 0.3) is 5.91 Å². The van der Waals surface area contributed by atoms with Crippen molar-refractivity contribution >= 4 is 47.8 Å². The number of carbonyl (C=O) groups excluding carboxylic acids is 3.